The number of aryl methyl sites for hydroxylation is 2. The van der Waals surface area contributed by atoms with E-state index in [-0.39, 0.29) is 17.5 Å². The summed E-state index contributed by atoms with van der Waals surface area (Å²) in [6.45, 7) is 1.98. The molecule has 7 nitrogen and oxygen atoms in total. The van der Waals surface area contributed by atoms with E-state index in [1.807, 2.05) is 25.1 Å². The first-order valence-corrected chi connectivity index (χ1v) is 7.15. The maximum Gasteiger partial charge on any atom is 0.333 e. The standard InChI is InChI=1S/C15H20FN5O2/c1-10-14(21(22)23)15(20(4)18-10)17-9-13(19(2)3)11-6-5-7-12(16)8-11/h5-8,13,17H,9H2,1-4H3/t13-/m0/s1. The Morgan fingerprint density at radius 3 is 2.74 bits per heavy atom. The summed E-state index contributed by atoms with van der Waals surface area (Å²) in [5.74, 6) is 0.0347. The zero-order chi connectivity index (χ0) is 17.1. The van der Waals surface area contributed by atoms with Crippen molar-refractivity contribution in [3.8, 4) is 0 Å². The fourth-order valence-corrected chi connectivity index (χ4v) is 2.57. The molecule has 1 heterocycles. The molecule has 0 aliphatic carbocycles. The van der Waals surface area contributed by atoms with E-state index in [1.54, 1.807) is 20.0 Å². The maximum atomic E-state index is 13.4. The summed E-state index contributed by atoms with van der Waals surface area (Å²) in [7, 11) is 5.40. The van der Waals surface area contributed by atoms with Gasteiger partial charge in [-0.05, 0) is 38.7 Å². The highest BCUT2D eigenvalue weighted by molar-refractivity contribution is 5.59. The SMILES string of the molecule is Cc1nn(C)c(NC[C@@H](c2cccc(F)c2)N(C)C)c1[N+](=O)[O-]. The molecule has 8 heteroatoms. The third-order valence-corrected chi connectivity index (χ3v) is 3.69. The fraction of sp³-hybridized carbons (Fsp3) is 0.400. The number of nitrogens with one attached hydrogen (secondary N) is 1. The van der Waals surface area contributed by atoms with Crippen LogP contribution in [0, 0.1) is 22.9 Å². The van der Waals surface area contributed by atoms with Gasteiger partial charge in [0.05, 0.1) is 11.0 Å². The molecule has 0 amide bonds. The van der Waals surface area contributed by atoms with Crippen LogP contribution in [0.4, 0.5) is 15.9 Å². The molecule has 0 radical (unpaired) electrons. The molecule has 124 valence electrons. The van der Waals surface area contributed by atoms with Gasteiger partial charge in [-0.3, -0.25) is 10.1 Å². The zero-order valence-electron chi connectivity index (χ0n) is 13.6. The Bertz CT molecular complexity index is 714. The molecule has 0 spiro atoms. The molecular formula is C15H20FN5O2. The molecule has 0 aliphatic heterocycles. The number of hydrogen-bond acceptors (Lipinski definition) is 5. The van der Waals surface area contributed by atoms with Crippen molar-refractivity contribution in [3.63, 3.8) is 0 Å². The van der Waals surface area contributed by atoms with Crippen molar-refractivity contribution in [1.29, 1.82) is 0 Å². The Hall–Kier alpha value is -2.48. The zero-order valence-corrected chi connectivity index (χ0v) is 13.6. The van der Waals surface area contributed by atoms with Crippen LogP contribution in [0.25, 0.3) is 0 Å². The van der Waals surface area contributed by atoms with E-state index in [9.17, 15) is 14.5 Å². The molecule has 0 aliphatic rings. The molecule has 1 N–H and O–H groups in total. The molecule has 0 unspecified atom stereocenters. The second-order valence-corrected chi connectivity index (χ2v) is 5.58. The second kappa shape index (κ2) is 6.74. The Balaban J connectivity index is 2.25. The normalized spacial score (nSPS) is 12.4. The minimum Gasteiger partial charge on any atom is -0.363 e. The lowest BCUT2D eigenvalue weighted by molar-refractivity contribution is -0.384. The molecule has 0 saturated carbocycles. The number of nitrogens with zero attached hydrogens (tertiary/aromatic N) is 4. The number of anilines is 1. The third-order valence-electron chi connectivity index (χ3n) is 3.69. The first-order chi connectivity index (χ1) is 10.8. The lowest BCUT2D eigenvalue weighted by Crippen LogP contribution is -2.27. The highest BCUT2D eigenvalue weighted by atomic mass is 19.1. The van der Waals surface area contributed by atoms with E-state index in [4.69, 9.17) is 0 Å². The average Bonchev–Trinajstić information content (AvgIpc) is 2.73. The molecule has 2 aromatic rings. The van der Waals surface area contributed by atoms with Crippen molar-refractivity contribution in [1.82, 2.24) is 14.7 Å². The highest BCUT2D eigenvalue weighted by Crippen LogP contribution is 2.28. The predicted molar refractivity (Wildman–Crippen MR) is 85.9 cm³/mol. The quantitative estimate of drug-likeness (QED) is 0.653. The number of aromatic nitrogens is 2. The highest BCUT2D eigenvalue weighted by Gasteiger charge is 2.25. The van der Waals surface area contributed by atoms with Gasteiger partial charge < -0.3 is 10.2 Å². The van der Waals surface area contributed by atoms with E-state index in [1.165, 1.54) is 16.8 Å². The fourth-order valence-electron chi connectivity index (χ4n) is 2.57. The van der Waals surface area contributed by atoms with Gasteiger partial charge in [-0.2, -0.15) is 5.10 Å². The van der Waals surface area contributed by atoms with Crippen molar-refractivity contribution in [2.75, 3.05) is 26.0 Å². The van der Waals surface area contributed by atoms with E-state index in [0.717, 1.165) is 5.56 Å². The van der Waals surface area contributed by atoms with Crippen LogP contribution in [0.1, 0.15) is 17.3 Å². The van der Waals surface area contributed by atoms with Crippen molar-refractivity contribution >= 4 is 11.5 Å². The third kappa shape index (κ3) is 3.65. The largest absolute Gasteiger partial charge is 0.363 e. The summed E-state index contributed by atoms with van der Waals surface area (Å²) >= 11 is 0. The van der Waals surface area contributed by atoms with Gasteiger partial charge in [0, 0.05) is 13.6 Å². The number of hydrogen-bond donors (Lipinski definition) is 1. The van der Waals surface area contributed by atoms with Crippen molar-refractivity contribution in [3.05, 3.63) is 51.5 Å². The molecule has 1 aromatic carbocycles. The van der Waals surface area contributed by atoms with Gasteiger partial charge in [-0.1, -0.05) is 12.1 Å². The lowest BCUT2D eigenvalue weighted by atomic mass is 10.1. The Morgan fingerprint density at radius 2 is 2.17 bits per heavy atom. The molecule has 1 aromatic heterocycles. The van der Waals surface area contributed by atoms with Crippen LogP contribution in [0.5, 0.6) is 0 Å². The summed E-state index contributed by atoms with van der Waals surface area (Å²) < 4.78 is 14.9. The minimum atomic E-state index is -0.447. The number of halogens is 1. The maximum absolute atomic E-state index is 13.4. The topological polar surface area (TPSA) is 76.2 Å². The second-order valence-electron chi connectivity index (χ2n) is 5.58. The minimum absolute atomic E-state index is 0.0377. The van der Waals surface area contributed by atoms with Crippen molar-refractivity contribution < 1.29 is 9.31 Å². The molecule has 0 saturated heterocycles. The van der Waals surface area contributed by atoms with E-state index >= 15 is 0 Å². The summed E-state index contributed by atoms with van der Waals surface area (Å²) in [5, 5.41) is 18.4. The van der Waals surface area contributed by atoms with Crippen LogP contribution in [-0.4, -0.2) is 40.2 Å². The number of benzene rings is 1. The van der Waals surface area contributed by atoms with E-state index < -0.39 is 4.92 Å². The first kappa shape index (κ1) is 16.9. The van der Waals surface area contributed by atoms with Gasteiger partial charge in [0.2, 0.25) is 5.82 Å². The Morgan fingerprint density at radius 1 is 1.48 bits per heavy atom. The summed E-state index contributed by atoms with van der Waals surface area (Å²) in [6.07, 6.45) is 0. The number of rotatable bonds is 6. The van der Waals surface area contributed by atoms with E-state index in [2.05, 4.69) is 10.4 Å². The molecule has 0 fully saturated rings. The summed E-state index contributed by atoms with van der Waals surface area (Å²) in [6, 6.07) is 6.20. The van der Waals surface area contributed by atoms with Crippen LogP contribution in [0.2, 0.25) is 0 Å². The van der Waals surface area contributed by atoms with Crippen LogP contribution < -0.4 is 5.32 Å². The predicted octanol–water partition coefficient (Wildman–Crippen LogP) is 2.49. The van der Waals surface area contributed by atoms with Gasteiger partial charge in [-0.15, -0.1) is 0 Å². The van der Waals surface area contributed by atoms with Gasteiger partial charge in [0.15, 0.2) is 0 Å². The molecule has 1 atom stereocenters. The van der Waals surface area contributed by atoms with Crippen LogP contribution >= 0.6 is 0 Å². The van der Waals surface area contributed by atoms with E-state index in [0.29, 0.717) is 18.1 Å². The molecule has 2 rings (SSSR count). The van der Waals surface area contributed by atoms with Gasteiger partial charge in [-0.25, -0.2) is 9.07 Å². The first-order valence-electron chi connectivity index (χ1n) is 7.15. The van der Waals surface area contributed by atoms with Gasteiger partial charge >= 0.3 is 5.69 Å². The Labute approximate surface area is 133 Å². The Kier molecular flexibility index (Phi) is 4.95. The van der Waals surface area contributed by atoms with Gasteiger partial charge in [0.25, 0.3) is 0 Å². The van der Waals surface area contributed by atoms with Crippen molar-refractivity contribution in [2.45, 2.75) is 13.0 Å². The average molecular weight is 321 g/mol. The number of likely N-dealkylation sites (N-methyl/N-ethyl adjacent to an activating group) is 1. The monoisotopic (exact) mass is 321 g/mol. The lowest BCUT2D eigenvalue weighted by Gasteiger charge is -2.25. The summed E-state index contributed by atoms with van der Waals surface area (Å²) in [4.78, 5) is 12.7. The molecular weight excluding hydrogens is 301 g/mol. The summed E-state index contributed by atoms with van der Waals surface area (Å²) in [5.41, 5.74) is 1.11. The van der Waals surface area contributed by atoms with Crippen LogP contribution in [0.3, 0.4) is 0 Å². The smallest absolute Gasteiger partial charge is 0.333 e. The van der Waals surface area contributed by atoms with Crippen LogP contribution in [-0.2, 0) is 7.05 Å². The van der Waals surface area contributed by atoms with Crippen LogP contribution in [0.15, 0.2) is 24.3 Å². The van der Waals surface area contributed by atoms with Gasteiger partial charge in [0.1, 0.15) is 11.5 Å². The molecule has 23 heavy (non-hydrogen) atoms. The number of nitro groups is 1. The van der Waals surface area contributed by atoms with Crippen molar-refractivity contribution in [2.24, 2.45) is 7.05 Å². The molecule has 0 bridgehead atoms.